The van der Waals surface area contributed by atoms with Crippen molar-refractivity contribution in [3.05, 3.63) is 42.0 Å². The molecule has 0 saturated carbocycles. The fourth-order valence-electron chi connectivity index (χ4n) is 2.91. The van der Waals surface area contributed by atoms with Crippen LogP contribution in [0.3, 0.4) is 0 Å². The maximum atomic E-state index is 12.9. The number of alkyl halides is 2. The Morgan fingerprint density at radius 2 is 1.47 bits per heavy atom. The number of methoxy groups -OCH3 is 3. The number of anilines is 1. The van der Waals surface area contributed by atoms with Crippen LogP contribution in [0, 0.1) is 5.92 Å². The van der Waals surface area contributed by atoms with E-state index < -0.39 is 24.5 Å². The monoisotopic (exact) mass is 452 g/mol. The molecule has 0 aliphatic carbocycles. The van der Waals surface area contributed by atoms with Crippen LogP contribution in [0.1, 0.15) is 24.2 Å². The smallest absolute Gasteiger partial charge is 0.387 e. The quantitative estimate of drug-likeness (QED) is 0.571. The van der Waals surface area contributed by atoms with Crippen molar-refractivity contribution in [3.63, 3.8) is 0 Å². The van der Waals surface area contributed by atoms with Gasteiger partial charge in [-0.1, -0.05) is 13.8 Å². The summed E-state index contributed by atoms with van der Waals surface area (Å²) in [6, 6.07) is 7.55. The number of benzene rings is 2. The summed E-state index contributed by atoms with van der Waals surface area (Å²) in [5, 5.41) is 5.36. The third-order valence-corrected chi connectivity index (χ3v) is 4.51. The summed E-state index contributed by atoms with van der Waals surface area (Å²) in [4.78, 5) is 25.7. The minimum atomic E-state index is -2.94. The molecule has 0 unspecified atom stereocenters. The van der Waals surface area contributed by atoms with E-state index in [4.69, 9.17) is 14.2 Å². The number of carbonyl (C=O) groups is 2. The lowest BCUT2D eigenvalue weighted by molar-refractivity contribution is -0.118. The van der Waals surface area contributed by atoms with Crippen molar-refractivity contribution in [2.45, 2.75) is 26.5 Å². The number of hydrogen-bond donors (Lipinski definition) is 2. The molecule has 8 nitrogen and oxygen atoms in total. The number of carbonyl (C=O) groups excluding carboxylic acids is 2. The third kappa shape index (κ3) is 6.22. The molecule has 174 valence electrons. The lowest BCUT2D eigenvalue weighted by Gasteiger charge is -2.22. The average Bonchev–Trinajstić information content (AvgIpc) is 2.76. The van der Waals surface area contributed by atoms with Gasteiger partial charge in [-0.3, -0.25) is 9.59 Å². The van der Waals surface area contributed by atoms with Crippen molar-refractivity contribution in [3.8, 4) is 23.0 Å². The van der Waals surface area contributed by atoms with E-state index in [2.05, 4.69) is 15.4 Å². The van der Waals surface area contributed by atoms with Gasteiger partial charge >= 0.3 is 6.61 Å². The molecule has 2 aromatic carbocycles. The summed E-state index contributed by atoms with van der Waals surface area (Å²) >= 11 is 0. The molecule has 2 N–H and O–H groups in total. The second-order valence-electron chi connectivity index (χ2n) is 7.00. The topological polar surface area (TPSA) is 95.1 Å². The molecule has 0 fully saturated rings. The van der Waals surface area contributed by atoms with E-state index in [1.165, 1.54) is 57.7 Å². The zero-order chi connectivity index (χ0) is 23.8. The molecule has 2 aromatic rings. The van der Waals surface area contributed by atoms with Crippen LogP contribution < -0.4 is 29.6 Å². The van der Waals surface area contributed by atoms with Gasteiger partial charge in [0.05, 0.1) is 21.3 Å². The summed E-state index contributed by atoms with van der Waals surface area (Å²) in [5.41, 5.74) is 0.579. The van der Waals surface area contributed by atoms with Crippen molar-refractivity contribution >= 4 is 17.5 Å². The maximum absolute atomic E-state index is 12.9. The fourth-order valence-corrected chi connectivity index (χ4v) is 2.91. The summed E-state index contributed by atoms with van der Waals surface area (Å²) in [6.07, 6.45) is 0. The Morgan fingerprint density at radius 1 is 0.906 bits per heavy atom. The van der Waals surface area contributed by atoms with Crippen molar-refractivity contribution in [2.24, 2.45) is 5.92 Å². The third-order valence-electron chi connectivity index (χ3n) is 4.51. The van der Waals surface area contributed by atoms with Crippen molar-refractivity contribution in [1.82, 2.24) is 5.32 Å². The first-order valence-electron chi connectivity index (χ1n) is 9.66. The number of amides is 2. The Hall–Kier alpha value is -3.56. The highest BCUT2D eigenvalue weighted by Crippen LogP contribution is 2.38. The number of ether oxygens (including phenoxy) is 4. The van der Waals surface area contributed by atoms with E-state index in [-0.39, 0.29) is 17.2 Å². The highest BCUT2D eigenvalue weighted by molar-refractivity contribution is 6.01. The maximum Gasteiger partial charge on any atom is 0.387 e. The van der Waals surface area contributed by atoms with Gasteiger partial charge in [0.15, 0.2) is 11.5 Å². The highest BCUT2D eigenvalue weighted by Gasteiger charge is 2.26. The minimum Gasteiger partial charge on any atom is -0.493 e. The van der Waals surface area contributed by atoms with Crippen LogP contribution in [0.2, 0.25) is 0 Å². The Morgan fingerprint density at radius 3 is 1.91 bits per heavy atom. The zero-order valence-electron chi connectivity index (χ0n) is 18.4. The molecule has 0 radical (unpaired) electrons. The zero-order valence-corrected chi connectivity index (χ0v) is 18.4. The Bertz CT molecular complexity index is 910. The minimum absolute atomic E-state index is 0.0332. The average molecular weight is 452 g/mol. The molecule has 0 aliphatic rings. The molecule has 0 saturated heterocycles. The van der Waals surface area contributed by atoms with Gasteiger partial charge in [0.1, 0.15) is 11.8 Å². The van der Waals surface area contributed by atoms with Gasteiger partial charge in [-0.05, 0) is 42.3 Å². The molecule has 32 heavy (non-hydrogen) atoms. The number of hydrogen-bond acceptors (Lipinski definition) is 6. The molecule has 2 amide bonds. The van der Waals surface area contributed by atoms with Crippen LogP contribution in [0.15, 0.2) is 36.4 Å². The normalized spacial score (nSPS) is 11.7. The molecule has 0 heterocycles. The lowest BCUT2D eigenvalue weighted by Crippen LogP contribution is -2.47. The predicted molar refractivity (Wildman–Crippen MR) is 114 cm³/mol. The van der Waals surface area contributed by atoms with Gasteiger partial charge in [0, 0.05) is 11.3 Å². The summed E-state index contributed by atoms with van der Waals surface area (Å²) in [5.74, 6) is -0.329. The molecular formula is C22H26F2N2O6. The first-order chi connectivity index (χ1) is 15.2. The van der Waals surface area contributed by atoms with Crippen LogP contribution in [-0.2, 0) is 4.79 Å². The summed E-state index contributed by atoms with van der Waals surface area (Å²) in [6.45, 7) is 0.615. The van der Waals surface area contributed by atoms with E-state index in [9.17, 15) is 18.4 Å². The molecular weight excluding hydrogens is 426 g/mol. The predicted octanol–water partition coefficient (Wildman–Crippen LogP) is 3.71. The second-order valence-corrected chi connectivity index (χ2v) is 7.00. The van der Waals surface area contributed by atoms with E-state index >= 15 is 0 Å². The Labute approximate surface area is 184 Å². The molecule has 2 rings (SSSR count). The molecule has 0 aromatic heterocycles. The van der Waals surface area contributed by atoms with Crippen LogP contribution in [0.25, 0.3) is 0 Å². The van der Waals surface area contributed by atoms with Crippen LogP contribution in [0.5, 0.6) is 23.0 Å². The number of rotatable bonds is 10. The summed E-state index contributed by atoms with van der Waals surface area (Å²) < 4.78 is 44.6. The second kappa shape index (κ2) is 11.2. The van der Waals surface area contributed by atoms with Gasteiger partial charge in [0.25, 0.3) is 5.91 Å². The van der Waals surface area contributed by atoms with E-state index in [0.717, 1.165) is 0 Å². The highest BCUT2D eigenvalue weighted by atomic mass is 19.3. The largest absolute Gasteiger partial charge is 0.493 e. The van der Waals surface area contributed by atoms with Gasteiger partial charge < -0.3 is 29.6 Å². The van der Waals surface area contributed by atoms with Gasteiger partial charge in [-0.15, -0.1) is 0 Å². The Kier molecular flexibility index (Phi) is 8.62. The Balaban J connectivity index is 2.17. The van der Waals surface area contributed by atoms with Crippen LogP contribution in [0.4, 0.5) is 14.5 Å². The SMILES string of the molecule is COc1cc(C(=O)N[C@@H](C(=O)Nc2ccc(OC(F)F)cc2)C(C)C)cc(OC)c1OC. The molecule has 0 spiro atoms. The molecule has 1 atom stereocenters. The lowest BCUT2D eigenvalue weighted by atomic mass is 10.0. The molecule has 10 heteroatoms. The molecule has 0 aliphatic heterocycles. The van der Waals surface area contributed by atoms with Crippen molar-refractivity contribution < 1.29 is 37.3 Å². The van der Waals surface area contributed by atoms with E-state index in [1.54, 1.807) is 13.8 Å². The first kappa shape index (κ1) is 24.7. The number of nitrogens with one attached hydrogen (secondary N) is 2. The van der Waals surface area contributed by atoms with Crippen LogP contribution in [-0.4, -0.2) is 45.8 Å². The standard InChI is InChI=1S/C22H26F2N2O6/c1-12(2)18(21(28)25-14-6-8-15(9-7-14)32-22(23)24)26-20(27)13-10-16(29-3)19(31-5)17(11-13)30-4/h6-12,18,22H,1-5H3,(H,25,28)(H,26,27)/t18-/m1/s1. The summed E-state index contributed by atoms with van der Waals surface area (Å²) in [7, 11) is 4.31. The first-order valence-corrected chi connectivity index (χ1v) is 9.66. The fraction of sp³-hybridized carbons (Fsp3) is 0.364. The molecule has 0 bridgehead atoms. The van der Waals surface area contributed by atoms with Gasteiger partial charge in [-0.25, -0.2) is 0 Å². The van der Waals surface area contributed by atoms with Gasteiger partial charge in [0.2, 0.25) is 11.7 Å². The van der Waals surface area contributed by atoms with E-state index in [0.29, 0.717) is 22.9 Å². The number of halogens is 2. The van der Waals surface area contributed by atoms with Crippen molar-refractivity contribution in [2.75, 3.05) is 26.6 Å². The van der Waals surface area contributed by atoms with Crippen molar-refractivity contribution in [1.29, 1.82) is 0 Å². The van der Waals surface area contributed by atoms with Gasteiger partial charge in [-0.2, -0.15) is 8.78 Å². The van der Waals surface area contributed by atoms with E-state index in [1.807, 2.05) is 0 Å². The van der Waals surface area contributed by atoms with Crippen LogP contribution >= 0.6 is 0 Å².